The zero-order valence-electron chi connectivity index (χ0n) is 12.3. The van der Waals surface area contributed by atoms with Gasteiger partial charge < -0.3 is 5.32 Å². The minimum atomic E-state index is 0.519. The van der Waals surface area contributed by atoms with E-state index in [1.54, 1.807) is 6.20 Å². The van der Waals surface area contributed by atoms with E-state index in [1.165, 1.54) is 19.3 Å². The molecule has 1 saturated carbocycles. The van der Waals surface area contributed by atoms with Crippen molar-refractivity contribution in [2.24, 2.45) is 0 Å². The van der Waals surface area contributed by atoms with Gasteiger partial charge >= 0.3 is 0 Å². The van der Waals surface area contributed by atoms with Crippen molar-refractivity contribution in [2.75, 3.05) is 11.9 Å². The summed E-state index contributed by atoms with van der Waals surface area (Å²) in [6.07, 6.45) is 7.57. The summed E-state index contributed by atoms with van der Waals surface area (Å²) in [6.45, 7) is 3.50. The molecule has 21 heavy (non-hydrogen) atoms. The van der Waals surface area contributed by atoms with Crippen LogP contribution in [-0.2, 0) is 0 Å². The molecule has 1 saturated heterocycles. The maximum Gasteiger partial charge on any atom is 0.0894 e. The molecule has 2 atom stereocenters. The summed E-state index contributed by atoms with van der Waals surface area (Å²) in [4.78, 5) is 2.66. The van der Waals surface area contributed by atoms with Gasteiger partial charge in [-0.15, -0.1) is 5.10 Å². The van der Waals surface area contributed by atoms with E-state index < -0.39 is 0 Å². The van der Waals surface area contributed by atoms with Crippen molar-refractivity contribution < 1.29 is 0 Å². The number of aromatic nitrogens is 3. The van der Waals surface area contributed by atoms with Crippen LogP contribution in [0.5, 0.6) is 0 Å². The van der Waals surface area contributed by atoms with Crippen LogP contribution in [0.15, 0.2) is 36.7 Å². The Morgan fingerprint density at radius 3 is 2.86 bits per heavy atom. The van der Waals surface area contributed by atoms with E-state index in [2.05, 4.69) is 45.7 Å². The van der Waals surface area contributed by atoms with Crippen molar-refractivity contribution in [3.05, 3.63) is 36.7 Å². The second kappa shape index (κ2) is 5.15. The zero-order valence-corrected chi connectivity index (χ0v) is 12.3. The standard InChI is InChI=1S/C16H21N5/c1-12-10-13(11-20(12)14-6-7-14)18-15-4-2-3-5-16(15)21-9-8-17-19-21/h2-5,8-9,12-14,18H,6-7,10-11H2,1H3. The number of para-hydroxylation sites is 2. The summed E-state index contributed by atoms with van der Waals surface area (Å²) >= 11 is 0. The lowest BCUT2D eigenvalue weighted by molar-refractivity contribution is 0.257. The summed E-state index contributed by atoms with van der Waals surface area (Å²) in [7, 11) is 0. The highest BCUT2D eigenvalue weighted by Gasteiger charge is 2.38. The molecule has 0 radical (unpaired) electrons. The first kappa shape index (κ1) is 12.8. The molecule has 0 bridgehead atoms. The summed E-state index contributed by atoms with van der Waals surface area (Å²) in [6, 6.07) is 10.4. The van der Waals surface area contributed by atoms with Gasteiger partial charge in [-0.25, -0.2) is 4.68 Å². The van der Waals surface area contributed by atoms with Crippen LogP contribution in [0.25, 0.3) is 5.69 Å². The Bertz CT molecular complexity index is 605. The Morgan fingerprint density at radius 1 is 1.24 bits per heavy atom. The first-order chi connectivity index (χ1) is 10.3. The molecule has 1 aromatic heterocycles. The van der Waals surface area contributed by atoms with Gasteiger partial charge in [0.2, 0.25) is 0 Å². The van der Waals surface area contributed by atoms with Crippen molar-refractivity contribution in [3.8, 4) is 5.69 Å². The second-order valence-corrected chi connectivity index (χ2v) is 6.22. The third-order valence-corrected chi connectivity index (χ3v) is 4.57. The van der Waals surface area contributed by atoms with Crippen LogP contribution in [0.3, 0.4) is 0 Å². The molecule has 0 amide bonds. The molecule has 1 aliphatic heterocycles. The largest absolute Gasteiger partial charge is 0.379 e. The van der Waals surface area contributed by atoms with Crippen molar-refractivity contribution in [3.63, 3.8) is 0 Å². The molecule has 2 heterocycles. The van der Waals surface area contributed by atoms with Crippen molar-refractivity contribution >= 4 is 5.69 Å². The van der Waals surface area contributed by atoms with Crippen LogP contribution in [0.2, 0.25) is 0 Å². The molecule has 1 aliphatic carbocycles. The van der Waals surface area contributed by atoms with Crippen molar-refractivity contribution in [1.29, 1.82) is 0 Å². The highest BCUT2D eigenvalue weighted by Crippen LogP contribution is 2.34. The number of nitrogens with zero attached hydrogens (tertiary/aromatic N) is 4. The van der Waals surface area contributed by atoms with E-state index in [1.807, 2.05) is 16.9 Å². The molecule has 5 heteroatoms. The quantitative estimate of drug-likeness (QED) is 0.935. The number of hydrogen-bond donors (Lipinski definition) is 1. The Kier molecular flexibility index (Phi) is 3.15. The van der Waals surface area contributed by atoms with Crippen LogP contribution < -0.4 is 5.32 Å². The normalized spacial score (nSPS) is 26.1. The Morgan fingerprint density at radius 2 is 2.10 bits per heavy atom. The topological polar surface area (TPSA) is 46.0 Å². The molecule has 1 N–H and O–H groups in total. The summed E-state index contributed by atoms with van der Waals surface area (Å²) in [5.74, 6) is 0. The number of rotatable bonds is 4. The number of anilines is 1. The van der Waals surface area contributed by atoms with Gasteiger partial charge in [0.05, 0.1) is 23.8 Å². The van der Waals surface area contributed by atoms with Crippen LogP contribution in [0.1, 0.15) is 26.2 Å². The second-order valence-electron chi connectivity index (χ2n) is 6.22. The molecule has 2 aromatic rings. The van der Waals surface area contributed by atoms with Crippen LogP contribution in [-0.4, -0.2) is 44.6 Å². The van der Waals surface area contributed by atoms with E-state index in [0.717, 1.165) is 24.0 Å². The Hall–Kier alpha value is -1.88. The van der Waals surface area contributed by atoms with Gasteiger partial charge in [0, 0.05) is 24.7 Å². The van der Waals surface area contributed by atoms with E-state index in [0.29, 0.717) is 12.1 Å². The fourth-order valence-electron chi connectivity index (χ4n) is 3.43. The first-order valence-corrected chi connectivity index (χ1v) is 7.79. The molecular weight excluding hydrogens is 262 g/mol. The summed E-state index contributed by atoms with van der Waals surface area (Å²) < 4.78 is 1.82. The third-order valence-electron chi connectivity index (χ3n) is 4.57. The lowest BCUT2D eigenvalue weighted by atomic mass is 10.1. The molecule has 2 fully saturated rings. The van der Waals surface area contributed by atoms with E-state index >= 15 is 0 Å². The molecule has 5 nitrogen and oxygen atoms in total. The van der Waals surface area contributed by atoms with Crippen LogP contribution >= 0.6 is 0 Å². The molecule has 1 aromatic carbocycles. The smallest absolute Gasteiger partial charge is 0.0894 e. The van der Waals surface area contributed by atoms with Gasteiger partial charge in [-0.05, 0) is 38.3 Å². The Balaban J connectivity index is 1.53. The monoisotopic (exact) mass is 283 g/mol. The number of nitrogens with one attached hydrogen (secondary N) is 1. The van der Waals surface area contributed by atoms with Gasteiger partial charge in [-0.1, -0.05) is 17.3 Å². The fourth-order valence-corrected chi connectivity index (χ4v) is 3.43. The SMILES string of the molecule is CC1CC(Nc2ccccc2-n2ccnn2)CN1C1CC1. The van der Waals surface area contributed by atoms with E-state index in [-0.39, 0.29) is 0 Å². The summed E-state index contributed by atoms with van der Waals surface area (Å²) in [5.41, 5.74) is 2.20. The minimum Gasteiger partial charge on any atom is -0.379 e. The zero-order chi connectivity index (χ0) is 14.2. The van der Waals surface area contributed by atoms with Gasteiger partial charge in [-0.2, -0.15) is 0 Å². The van der Waals surface area contributed by atoms with Crippen LogP contribution in [0.4, 0.5) is 5.69 Å². The van der Waals surface area contributed by atoms with Crippen molar-refractivity contribution in [2.45, 2.75) is 44.3 Å². The van der Waals surface area contributed by atoms with E-state index in [4.69, 9.17) is 0 Å². The predicted octanol–water partition coefficient (Wildman–Crippen LogP) is 2.30. The summed E-state index contributed by atoms with van der Waals surface area (Å²) in [5, 5.41) is 11.7. The number of hydrogen-bond acceptors (Lipinski definition) is 4. The van der Waals surface area contributed by atoms with Crippen LogP contribution in [0, 0.1) is 0 Å². The van der Waals surface area contributed by atoms with E-state index in [9.17, 15) is 0 Å². The average Bonchev–Trinajstić information content (AvgIpc) is 3.05. The minimum absolute atomic E-state index is 0.519. The average molecular weight is 283 g/mol. The highest BCUT2D eigenvalue weighted by atomic mass is 15.4. The molecule has 4 rings (SSSR count). The highest BCUT2D eigenvalue weighted by molar-refractivity contribution is 5.61. The lowest BCUT2D eigenvalue weighted by Gasteiger charge is -2.20. The van der Waals surface area contributed by atoms with Crippen molar-refractivity contribution in [1.82, 2.24) is 19.9 Å². The Labute approximate surface area is 125 Å². The number of benzene rings is 1. The molecule has 2 aliphatic rings. The molecular formula is C16H21N5. The van der Waals surface area contributed by atoms with Gasteiger partial charge in [0.15, 0.2) is 0 Å². The number of likely N-dealkylation sites (tertiary alicyclic amines) is 1. The first-order valence-electron chi connectivity index (χ1n) is 7.79. The predicted molar refractivity (Wildman–Crippen MR) is 82.6 cm³/mol. The van der Waals surface area contributed by atoms with Gasteiger partial charge in [-0.3, -0.25) is 4.90 Å². The van der Waals surface area contributed by atoms with Gasteiger partial charge in [0.25, 0.3) is 0 Å². The molecule has 110 valence electrons. The molecule has 2 unspecified atom stereocenters. The maximum atomic E-state index is 4.11. The maximum absolute atomic E-state index is 4.11. The lowest BCUT2D eigenvalue weighted by Crippen LogP contribution is -2.31. The third kappa shape index (κ3) is 2.53. The fraction of sp³-hybridized carbons (Fsp3) is 0.500. The van der Waals surface area contributed by atoms with Gasteiger partial charge in [0.1, 0.15) is 0 Å². The molecule has 0 spiro atoms.